The van der Waals surface area contributed by atoms with Crippen LogP contribution in [0, 0.1) is 11.3 Å². The lowest BCUT2D eigenvalue weighted by Crippen LogP contribution is -2.52. The predicted octanol–water partition coefficient (Wildman–Crippen LogP) is 5.00. The predicted molar refractivity (Wildman–Crippen MR) is 148 cm³/mol. The normalized spacial score (nSPS) is 19.8. The Morgan fingerprint density at radius 1 is 1.22 bits per heavy atom. The van der Waals surface area contributed by atoms with Gasteiger partial charge >= 0.3 is 5.97 Å². The number of allylic oxidation sites excluding steroid dienone is 5. The van der Waals surface area contributed by atoms with Crippen LogP contribution in [0.4, 0.5) is 0 Å². The van der Waals surface area contributed by atoms with Gasteiger partial charge in [0.15, 0.2) is 0 Å². The van der Waals surface area contributed by atoms with E-state index >= 15 is 0 Å². The quantitative estimate of drug-likeness (QED) is 0.186. The molecule has 1 unspecified atom stereocenters. The summed E-state index contributed by atoms with van der Waals surface area (Å²) in [5.41, 5.74) is 0.452. The number of halogens is 1. The van der Waals surface area contributed by atoms with Crippen molar-refractivity contribution in [3.63, 3.8) is 0 Å². The first kappa shape index (κ1) is 32.1. The van der Waals surface area contributed by atoms with E-state index in [2.05, 4.69) is 10.6 Å². The van der Waals surface area contributed by atoms with Gasteiger partial charge in [0.05, 0.1) is 6.10 Å². The lowest BCUT2D eigenvalue weighted by Gasteiger charge is -2.29. The van der Waals surface area contributed by atoms with Crippen LogP contribution in [0.2, 0.25) is 0 Å². The highest BCUT2D eigenvalue weighted by molar-refractivity contribution is 6.29. The second kappa shape index (κ2) is 16.0. The lowest BCUT2D eigenvalue weighted by molar-refractivity contribution is -0.145. The number of carbonyl (C=O) groups excluding carboxylic acids is 3. The van der Waals surface area contributed by atoms with Crippen LogP contribution in [0.25, 0.3) is 0 Å². The molecule has 7 nitrogen and oxygen atoms in total. The van der Waals surface area contributed by atoms with Crippen LogP contribution < -0.4 is 10.6 Å². The van der Waals surface area contributed by atoms with Crippen molar-refractivity contribution in [2.24, 2.45) is 11.3 Å². The monoisotopic (exact) mass is 532 g/mol. The number of rotatable bonds is 12. The van der Waals surface area contributed by atoms with Gasteiger partial charge < -0.3 is 20.5 Å². The van der Waals surface area contributed by atoms with Crippen LogP contribution in [-0.2, 0) is 19.1 Å². The molecule has 0 spiro atoms. The molecule has 1 rings (SSSR count). The van der Waals surface area contributed by atoms with Gasteiger partial charge in [0.2, 0.25) is 11.8 Å². The Morgan fingerprint density at radius 3 is 2.51 bits per heavy atom. The molecule has 0 radical (unpaired) electrons. The molecule has 0 aliphatic carbocycles. The van der Waals surface area contributed by atoms with Gasteiger partial charge in [-0.05, 0) is 38.3 Å². The van der Waals surface area contributed by atoms with Gasteiger partial charge in [-0.2, -0.15) is 0 Å². The summed E-state index contributed by atoms with van der Waals surface area (Å²) in [6, 6.07) is -0.764. The van der Waals surface area contributed by atoms with E-state index in [1.165, 1.54) is 18.4 Å². The summed E-state index contributed by atoms with van der Waals surface area (Å²) in [4.78, 5) is 36.6. The third-order valence-corrected chi connectivity index (χ3v) is 5.71. The average Bonchev–Trinajstić information content (AvgIpc) is 2.80. The first-order valence-electron chi connectivity index (χ1n) is 12.5. The number of hydrogen-bond donors (Lipinski definition) is 3. The standard InChI is InChI=1S/C29H41ClN2O5/c1-20(19-21(2)24-13-9-15-26(35)37-24)11-7-8-14-25(34)32-27(29(4,5)6)28(36)31-18-10-12-23(33)17-16-22(3)30/h7-11,14-16,18-19,21,23-24,27,33H,12-13,17H2,1-6H3,(H,31,36)(H,32,34)/b11-7-,14-8-,18-10-,20-19+,22-16+/t21?,23-,24+,27-/m1/s1. The van der Waals surface area contributed by atoms with E-state index in [0.29, 0.717) is 24.3 Å². The molecule has 0 fully saturated rings. The first-order chi connectivity index (χ1) is 17.3. The molecule has 1 aliphatic heterocycles. The van der Waals surface area contributed by atoms with Gasteiger partial charge in [0.25, 0.3) is 0 Å². The maximum atomic E-state index is 12.7. The van der Waals surface area contributed by atoms with Crippen LogP contribution in [0.5, 0.6) is 0 Å². The van der Waals surface area contributed by atoms with Gasteiger partial charge in [-0.25, -0.2) is 4.79 Å². The summed E-state index contributed by atoms with van der Waals surface area (Å²) in [5.74, 6) is -1.00. The number of aliphatic hydroxyl groups excluding tert-OH is 1. The van der Waals surface area contributed by atoms with Crippen molar-refractivity contribution < 1.29 is 24.2 Å². The number of ether oxygens (including phenoxy) is 1. The number of esters is 1. The van der Waals surface area contributed by atoms with Gasteiger partial charge in [-0.1, -0.05) is 87.4 Å². The minimum absolute atomic E-state index is 0.0564. The third-order valence-electron chi connectivity index (χ3n) is 5.56. The third kappa shape index (κ3) is 13.8. The smallest absolute Gasteiger partial charge is 0.330 e. The highest BCUT2D eigenvalue weighted by atomic mass is 35.5. The Labute approximate surface area is 226 Å². The van der Waals surface area contributed by atoms with Crippen molar-refractivity contribution in [3.8, 4) is 0 Å². The van der Waals surface area contributed by atoms with E-state index in [1.807, 2.05) is 52.8 Å². The van der Waals surface area contributed by atoms with Crippen molar-refractivity contribution in [2.75, 3.05) is 0 Å². The van der Waals surface area contributed by atoms with Crippen molar-refractivity contribution >= 4 is 29.4 Å². The molecule has 204 valence electrons. The highest BCUT2D eigenvalue weighted by Gasteiger charge is 2.31. The molecular formula is C29H41ClN2O5. The average molecular weight is 533 g/mol. The Bertz CT molecular complexity index is 965. The number of carbonyl (C=O) groups is 3. The molecule has 1 heterocycles. The number of amides is 2. The minimum Gasteiger partial charge on any atom is -0.458 e. The van der Waals surface area contributed by atoms with Gasteiger partial charge in [-0.3, -0.25) is 9.59 Å². The molecule has 0 aromatic rings. The molecule has 0 aromatic heterocycles. The zero-order chi connectivity index (χ0) is 28.0. The Morgan fingerprint density at radius 2 is 1.89 bits per heavy atom. The fraction of sp³-hybridized carbons (Fsp3) is 0.483. The van der Waals surface area contributed by atoms with E-state index in [0.717, 1.165) is 5.57 Å². The molecule has 3 N–H and O–H groups in total. The summed E-state index contributed by atoms with van der Waals surface area (Å²) >= 11 is 5.76. The van der Waals surface area contributed by atoms with Crippen LogP contribution >= 0.6 is 11.6 Å². The van der Waals surface area contributed by atoms with Crippen molar-refractivity contribution in [2.45, 2.75) is 79.1 Å². The summed E-state index contributed by atoms with van der Waals surface area (Å²) < 4.78 is 5.33. The SMILES string of the molecule is C/C(Cl)=C\C[C@H](O)C/C=C\NC(=O)[C@@H](NC(=O)\C=C/C=C\C(C)=C\C(C)[C@@H]1CC=CC(=O)O1)C(C)(C)C. The number of aliphatic hydroxyl groups is 1. The van der Waals surface area contributed by atoms with Crippen LogP contribution in [0.3, 0.4) is 0 Å². The molecule has 2 amide bonds. The van der Waals surface area contributed by atoms with Gasteiger partial charge in [-0.15, -0.1) is 0 Å². The Kier molecular flexibility index (Phi) is 13.9. The summed E-state index contributed by atoms with van der Waals surface area (Å²) in [5, 5.41) is 16.0. The van der Waals surface area contributed by atoms with E-state index in [-0.39, 0.29) is 23.9 Å². The Balaban J connectivity index is 2.62. The van der Waals surface area contributed by atoms with E-state index in [1.54, 1.807) is 31.2 Å². The van der Waals surface area contributed by atoms with Crippen LogP contribution in [0.15, 0.2) is 71.5 Å². The van der Waals surface area contributed by atoms with Gasteiger partial charge in [0, 0.05) is 29.5 Å². The zero-order valence-corrected chi connectivity index (χ0v) is 23.4. The largest absolute Gasteiger partial charge is 0.458 e. The van der Waals surface area contributed by atoms with Gasteiger partial charge in [0.1, 0.15) is 12.1 Å². The van der Waals surface area contributed by atoms with Crippen molar-refractivity contribution in [1.82, 2.24) is 10.6 Å². The molecular weight excluding hydrogens is 492 g/mol. The zero-order valence-electron chi connectivity index (χ0n) is 22.7. The van der Waals surface area contributed by atoms with E-state index in [4.69, 9.17) is 16.3 Å². The summed E-state index contributed by atoms with van der Waals surface area (Å²) in [6.07, 6.45) is 17.4. The summed E-state index contributed by atoms with van der Waals surface area (Å²) in [7, 11) is 0. The van der Waals surface area contributed by atoms with E-state index in [9.17, 15) is 19.5 Å². The van der Waals surface area contributed by atoms with E-state index < -0.39 is 23.5 Å². The minimum atomic E-state index is -0.764. The second-order valence-electron chi connectivity index (χ2n) is 10.2. The number of nitrogens with one attached hydrogen (secondary N) is 2. The maximum absolute atomic E-state index is 12.7. The van der Waals surface area contributed by atoms with Crippen LogP contribution in [0.1, 0.15) is 60.8 Å². The molecule has 1 aliphatic rings. The highest BCUT2D eigenvalue weighted by Crippen LogP contribution is 2.20. The maximum Gasteiger partial charge on any atom is 0.330 e. The fourth-order valence-corrected chi connectivity index (χ4v) is 3.58. The molecule has 4 atom stereocenters. The topological polar surface area (TPSA) is 105 Å². The molecule has 37 heavy (non-hydrogen) atoms. The molecule has 0 bridgehead atoms. The molecule has 0 saturated heterocycles. The lowest BCUT2D eigenvalue weighted by atomic mass is 9.86. The van der Waals surface area contributed by atoms with Crippen molar-refractivity contribution in [3.05, 3.63) is 71.5 Å². The van der Waals surface area contributed by atoms with Crippen molar-refractivity contribution in [1.29, 1.82) is 0 Å². The number of cyclic esters (lactones) is 1. The molecule has 8 heteroatoms. The molecule has 0 aromatic carbocycles. The number of hydrogen-bond acceptors (Lipinski definition) is 5. The van der Waals surface area contributed by atoms with Crippen LogP contribution in [-0.4, -0.2) is 41.1 Å². The first-order valence-corrected chi connectivity index (χ1v) is 12.8. The summed E-state index contributed by atoms with van der Waals surface area (Å²) in [6.45, 7) is 11.3. The molecule has 0 saturated carbocycles. The fourth-order valence-electron chi connectivity index (χ4n) is 3.49. The second-order valence-corrected chi connectivity index (χ2v) is 10.8. The Hall–Kier alpha value is -2.90.